The van der Waals surface area contributed by atoms with Gasteiger partial charge in [0.25, 0.3) is 5.91 Å². The van der Waals surface area contributed by atoms with Gasteiger partial charge in [0.1, 0.15) is 5.82 Å². The second-order valence-electron chi connectivity index (χ2n) is 4.32. The molecule has 1 aromatic heterocycles. The van der Waals surface area contributed by atoms with Gasteiger partial charge in [0.15, 0.2) is 5.13 Å². The number of carbonyl (C=O) groups is 1. The third-order valence-corrected chi connectivity index (χ3v) is 4.43. The van der Waals surface area contributed by atoms with Crippen LogP contribution in [0.5, 0.6) is 0 Å². The lowest BCUT2D eigenvalue weighted by molar-refractivity contribution is 0.102. The third-order valence-electron chi connectivity index (χ3n) is 2.81. The Morgan fingerprint density at radius 2 is 2.10 bits per heavy atom. The van der Waals surface area contributed by atoms with E-state index in [0.29, 0.717) is 15.3 Å². The number of fused-ring (bicyclic) bond motifs is 1. The number of nitrogen functional groups attached to an aromatic ring is 1. The van der Waals surface area contributed by atoms with Crippen LogP contribution in [0.25, 0.3) is 10.2 Å². The number of benzene rings is 2. The van der Waals surface area contributed by atoms with Crippen molar-refractivity contribution in [1.29, 1.82) is 0 Å². The maximum absolute atomic E-state index is 13.2. The molecule has 0 bridgehead atoms. The summed E-state index contributed by atoms with van der Waals surface area (Å²) in [7, 11) is 0. The van der Waals surface area contributed by atoms with Crippen molar-refractivity contribution < 1.29 is 9.18 Å². The van der Waals surface area contributed by atoms with E-state index in [9.17, 15) is 9.18 Å². The second kappa shape index (κ2) is 5.42. The average Bonchev–Trinajstić information content (AvgIpc) is 2.82. The summed E-state index contributed by atoms with van der Waals surface area (Å²) in [5.41, 5.74) is 7.31. The number of thiazole rings is 1. The van der Waals surface area contributed by atoms with Crippen LogP contribution >= 0.6 is 27.3 Å². The van der Waals surface area contributed by atoms with Crippen LogP contribution < -0.4 is 11.1 Å². The van der Waals surface area contributed by atoms with Crippen molar-refractivity contribution in [2.75, 3.05) is 11.1 Å². The summed E-state index contributed by atoms with van der Waals surface area (Å²) in [5.74, 6) is -0.895. The molecule has 1 heterocycles. The lowest BCUT2D eigenvalue weighted by Gasteiger charge is -2.04. The maximum atomic E-state index is 13.2. The predicted octanol–water partition coefficient (Wildman–Crippen LogP) is 4.03. The first kappa shape index (κ1) is 14.0. The highest BCUT2D eigenvalue weighted by molar-refractivity contribution is 9.10. The van der Waals surface area contributed by atoms with Gasteiger partial charge in [-0.1, -0.05) is 11.3 Å². The molecule has 0 saturated heterocycles. The zero-order valence-electron chi connectivity index (χ0n) is 10.6. The van der Waals surface area contributed by atoms with E-state index in [2.05, 4.69) is 26.2 Å². The van der Waals surface area contributed by atoms with Crippen LogP contribution in [0, 0.1) is 5.82 Å². The minimum absolute atomic E-state index is 0.216. The highest BCUT2D eigenvalue weighted by Gasteiger charge is 2.13. The minimum Gasteiger partial charge on any atom is -0.399 e. The summed E-state index contributed by atoms with van der Waals surface area (Å²) >= 11 is 4.54. The molecule has 2 aromatic carbocycles. The Morgan fingerprint density at radius 3 is 2.90 bits per heavy atom. The van der Waals surface area contributed by atoms with Gasteiger partial charge in [-0.15, -0.1) is 0 Å². The molecule has 7 heteroatoms. The first-order valence-electron chi connectivity index (χ1n) is 5.95. The number of anilines is 2. The summed E-state index contributed by atoms with van der Waals surface area (Å²) in [5, 5.41) is 3.11. The van der Waals surface area contributed by atoms with Crippen molar-refractivity contribution >= 4 is 54.2 Å². The fourth-order valence-electron chi connectivity index (χ4n) is 1.83. The number of hydrogen-bond acceptors (Lipinski definition) is 4. The lowest BCUT2D eigenvalue weighted by Crippen LogP contribution is -2.12. The molecule has 0 unspecified atom stereocenters. The van der Waals surface area contributed by atoms with Gasteiger partial charge in [0.05, 0.1) is 15.8 Å². The van der Waals surface area contributed by atoms with Gasteiger partial charge in [-0.3, -0.25) is 10.1 Å². The van der Waals surface area contributed by atoms with Crippen molar-refractivity contribution in [3.63, 3.8) is 0 Å². The predicted molar refractivity (Wildman–Crippen MR) is 86.1 cm³/mol. The minimum atomic E-state index is -0.472. The number of carbonyl (C=O) groups excluding carboxylic acids is 1. The summed E-state index contributed by atoms with van der Waals surface area (Å²) in [6.07, 6.45) is 0. The molecule has 0 radical (unpaired) electrons. The van der Waals surface area contributed by atoms with Crippen molar-refractivity contribution in [1.82, 2.24) is 4.98 Å². The van der Waals surface area contributed by atoms with Crippen molar-refractivity contribution in [3.8, 4) is 0 Å². The van der Waals surface area contributed by atoms with Crippen molar-refractivity contribution in [3.05, 3.63) is 52.3 Å². The van der Waals surface area contributed by atoms with E-state index in [4.69, 9.17) is 5.73 Å². The van der Waals surface area contributed by atoms with Gasteiger partial charge in [0, 0.05) is 10.2 Å². The number of nitrogens with one attached hydrogen (secondary N) is 1. The highest BCUT2D eigenvalue weighted by Crippen LogP contribution is 2.28. The summed E-state index contributed by atoms with van der Waals surface area (Å²) in [6.45, 7) is 0. The smallest absolute Gasteiger partial charge is 0.258 e. The number of halogens is 2. The molecule has 3 N–H and O–H groups in total. The van der Waals surface area contributed by atoms with E-state index in [1.54, 1.807) is 18.2 Å². The zero-order chi connectivity index (χ0) is 15.0. The van der Waals surface area contributed by atoms with Crippen LogP contribution in [-0.2, 0) is 0 Å². The van der Waals surface area contributed by atoms with Crippen LogP contribution in [0.2, 0.25) is 0 Å². The molecule has 3 rings (SSSR count). The number of amides is 1. The van der Waals surface area contributed by atoms with Gasteiger partial charge in [-0.05, 0) is 52.3 Å². The number of hydrogen-bond donors (Lipinski definition) is 2. The Balaban J connectivity index is 1.90. The molecule has 3 aromatic rings. The van der Waals surface area contributed by atoms with E-state index in [0.717, 1.165) is 10.2 Å². The van der Waals surface area contributed by atoms with Crippen LogP contribution in [0.3, 0.4) is 0 Å². The average molecular weight is 366 g/mol. The molecule has 21 heavy (non-hydrogen) atoms. The fourth-order valence-corrected chi connectivity index (χ4v) is 3.17. The molecule has 0 saturated carbocycles. The van der Waals surface area contributed by atoms with Gasteiger partial charge in [0.2, 0.25) is 0 Å². The van der Waals surface area contributed by atoms with Gasteiger partial charge in [-0.2, -0.15) is 0 Å². The number of rotatable bonds is 2. The number of aromatic nitrogens is 1. The molecule has 0 atom stereocenters. The van der Waals surface area contributed by atoms with Crippen LogP contribution in [0.4, 0.5) is 15.2 Å². The molecular formula is C14H9BrFN3OS. The Hall–Kier alpha value is -1.99. The highest BCUT2D eigenvalue weighted by atomic mass is 79.9. The Bertz CT molecular complexity index is 849. The maximum Gasteiger partial charge on any atom is 0.258 e. The third kappa shape index (κ3) is 2.88. The molecular weight excluding hydrogens is 357 g/mol. The van der Waals surface area contributed by atoms with Crippen LogP contribution in [0.15, 0.2) is 40.9 Å². The molecule has 0 spiro atoms. The molecule has 0 aliphatic carbocycles. The van der Waals surface area contributed by atoms with Crippen molar-refractivity contribution in [2.45, 2.75) is 0 Å². The normalized spacial score (nSPS) is 10.8. The quantitative estimate of drug-likeness (QED) is 0.673. The molecule has 0 aliphatic rings. The first-order chi connectivity index (χ1) is 10.0. The van der Waals surface area contributed by atoms with Crippen LogP contribution in [0.1, 0.15) is 10.4 Å². The van der Waals surface area contributed by atoms with Gasteiger partial charge >= 0.3 is 0 Å². The van der Waals surface area contributed by atoms with E-state index in [1.165, 1.54) is 29.5 Å². The van der Waals surface area contributed by atoms with Crippen molar-refractivity contribution in [2.24, 2.45) is 0 Å². The molecule has 4 nitrogen and oxygen atoms in total. The molecule has 0 fully saturated rings. The van der Waals surface area contributed by atoms with Crippen LogP contribution in [-0.4, -0.2) is 10.9 Å². The summed E-state index contributed by atoms with van der Waals surface area (Å²) in [6, 6.07) is 9.27. The largest absolute Gasteiger partial charge is 0.399 e. The van der Waals surface area contributed by atoms with Gasteiger partial charge < -0.3 is 5.73 Å². The summed E-state index contributed by atoms with van der Waals surface area (Å²) in [4.78, 5) is 16.5. The number of nitrogens with zero attached hydrogens (tertiary/aromatic N) is 1. The monoisotopic (exact) mass is 365 g/mol. The topological polar surface area (TPSA) is 68.0 Å². The Labute approximate surface area is 131 Å². The lowest BCUT2D eigenvalue weighted by atomic mass is 10.2. The molecule has 0 aliphatic heterocycles. The van der Waals surface area contributed by atoms with E-state index in [-0.39, 0.29) is 5.56 Å². The van der Waals surface area contributed by atoms with E-state index < -0.39 is 11.7 Å². The van der Waals surface area contributed by atoms with E-state index >= 15 is 0 Å². The molecule has 1 amide bonds. The van der Waals surface area contributed by atoms with E-state index in [1.807, 2.05) is 0 Å². The molecule has 106 valence electrons. The fraction of sp³-hybridized carbons (Fsp3) is 0. The zero-order valence-corrected chi connectivity index (χ0v) is 13.0. The summed E-state index contributed by atoms with van der Waals surface area (Å²) < 4.78 is 14.6. The SMILES string of the molecule is Nc1ccc2nc(NC(=O)c3cc(F)ccc3Br)sc2c1. The standard InChI is InChI=1S/C14H9BrFN3OS/c15-10-3-1-7(16)5-9(10)13(20)19-14-18-11-4-2-8(17)6-12(11)21-14/h1-6H,17H2,(H,18,19,20). The second-order valence-corrected chi connectivity index (χ2v) is 6.21. The first-order valence-corrected chi connectivity index (χ1v) is 7.56. The Morgan fingerprint density at radius 1 is 1.29 bits per heavy atom. The number of nitrogens with two attached hydrogens (primary N) is 1. The van der Waals surface area contributed by atoms with Gasteiger partial charge in [-0.25, -0.2) is 9.37 Å². The Kier molecular flexibility index (Phi) is 3.60.